The van der Waals surface area contributed by atoms with Crippen LogP contribution in [0.15, 0.2) is 36.5 Å². The van der Waals surface area contributed by atoms with Gasteiger partial charge < -0.3 is 21.3 Å². The zero-order valence-corrected chi connectivity index (χ0v) is 10.0. The van der Waals surface area contributed by atoms with Gasteiger partial charge in [-0.05, 0) is 12.1 Å². The number of amides is 1. The molecular weight excluding hydrogens is 246 g/mol. The first-order valence-corrected chi connectivity index (χ1v) is 5.53. The molecule has 5 N–H and O–H groups in total. The molecule has 0 atom stereocenters. The summed E-state index contributed by atoms with van der Waals surface area (Å²) in [7, 11) is 0. The lowest BCUT2D eigenvalue weighted by Crippen LogP contribution is -2.13. The number of rotatable bonds is 4. The Kier molecular flexibility index (Phi) is 3.63. The third kappa shape index (κ3) is 2.80. The minimum absolute atomic E-state index is 0.0580. The van der Waals surface area contributed by atoms with Gasteiger partial charge >= 0.3 is 0 Å². The van der Waals surface area contributed by atoms with Crippen molar-refractivity contribution in [3.8, 4) is 11.6 Å². The fourth-order valence-electron chi connectivity index (χ4n) is 1.56. The Morgan fingerprint density at radius 2 is 2.11 bits per heavy atom. The monoisotopic (exact) mass is 259 g/mol. The maximum absolute atomic E-state index is 11.3. The maximum atomic E-state index is 11.3. The zero-order valence-electron chi connectivity index (χ0n) is 10.0. The first-order valence-electron chi connectivity index (χ1n) is 5.53. The molecule has 0 bridgehead atoms. The number of anilines is 1. The number of ether oxygens (including phenoxy) is 1. The van der Waals surface area contributed by atoms with Crippen molar-refractivity contribution < 1.29 is 14.6 Å². The highest BCUT2D eigenvalue weighted by atomic mass is 16.5. The molecule has 6 heteroatoms. The van der Waals surface area contributed by atoms with E-state index < -0.39 is 5.91 Å². The number of carbonyl (C=O) groups is 1. The van der Waals surface area contributed by atoms with Gasteiger partial charge in [-0.1, -0.05) is 18.2 Å². The van der Waals surface area contributed by atoms with E-state index in [1.165, 1.54) is 12.3 Å². The second kappa shape index (κ2) is 5.36. The molecule has 19 heavy (non-hydrogen) atoms. The average molecular weight is 259 g/mol. The number of hydrogen-bond acceptors (Lipinski definition) is 5. The van der Waals surface area contributed by atoms with Gasteiger partial charge in [-0.2, -0.15) is 0 Å². The number of nitrogens with two attached hydrogens (primary N) is 2. The van der Waals surface area contributed by atoms with Gasteiger partial charge in [-0.25, -0.2) is 4.98 Å². The number of aliphatic hydroxyl groups excluding tert-OH is 1. The number of para-hydroxylation sites is 1. The molecule has 0 aliphatic heterocycles. The Labute approximate surface area is 109 Å². The number of nitrogens with zero attached hydrogens (tertiary/aromatic N) is 1. The molecule has 0 aliphatic carbocycles. The third-order valence-electron chi connectivity index (χ3n) is 2.49. The Morgan fingerprint density at radius 3 is 2.79 bits per heavy atom. The number of nitrogen functional groups attached to an aromatic ring is 1. The summed E-state index contributed by atoms with van der Waals surface area (Å²) in [5, 5.41) is 9.21. The van der Waals surface area contributed by atoms with E-state index in [-0.39, 0.29) is 18.1 Å². The number of aromatic nitrogens is 1. The van der Waals surface area contributed by atoms with Gasteiger partial charge in [0, 0.05) is 5.56 Å². The summed E-state index contributed by atoms with van der Waals surface area (Å²) in [5.41, 5.74) is 11.8. The van der Waals surface area contributed by atoms with Gasteiger partial charge in [0.15, 0.2) is 0 Å². The van der Waals surface area contributed by atoms with Gasteiger partial charge in [0.1, 0.15) is 11.3 Å². The summed E-state index contributed by atoms with van der Waals surface area (Å²) in [6.45, 7) is -0.183. The van der Waals surface area contributed by atoms with Gasteiger partial charge in [0.25, 0.3) is 5.91 Å². The highest BCUT2D eigenvalue weighted by Gasteiger charge is 2.13. The van der Waals surface area contributed by atoms with Crippen LogP contribution in [-0.4, -0.2) is 16.0 Å². The largest absolute Gasteiger partial charge is 0.438 e. The molecule has 1 aromatic heterocycles. The lowest BCUT2D eigenvalue weighted by Gasteiger charge is -2.11. The number of pyridine rings is 1. The molecule has 0 aliphatic rings. The van der Waals surface area contributed by atoms with Crippen molar-refractivity contribution in [3.63, 3.8) is 0 Å². The molecule has 0 saturated carbocycles. The number of carbonyl (C=O) groups excluding carboxylic acids is 1. The van der Waals surface area contributed by atoms with E-state index in [4.69, 9.17) is 16.2 Å². The highest BCUT2D eigenvalue weighted by molar-refractivity contribution is 5.95. The summed E-state index contributed by atoms with van der Waals surface area (Å²) in [6, 6.07) is 8.27. The average Bonchev–Trinajstić information content (AvgIpc) is 2.41. The van der Waals surface area contributed by atoms with Gasteiger partial charge in [-0.3, -0.25) is 4.79 Å². The van der Waals surface area contributed by atoms with Crippen LogP contribution in [0.1, 0.15) is 15.9 Å². The van der Waals surface area contributed by atoms with Crippen molar-refractivity contribution in [2.75, 3.05) is 5.73 Å². The van der Waals surface area contributed by atoms with E-state index in [0.717, 1.165) is 0 Å². The van der Waals surface area contributed by atoms with Crippen LogP contribution < -0.4 is 16.2 Å². The molecule has 0 radical (unpaired) electrons. The van der Waals surface area contributed by atoms with Gasteiger partial charge in [0.2, 0.25) is 5.88 Å². The molecule has 0 unspecified atom stereocenters. The van der Waals surface area contributed by atoms with Gasteiger partial charge in [0.05, 0.1) is 18.5 Å². The van der Waals surface area contributed by atoms with Crippen molar-refractivity contribution in [2.45, 2.75) is 6.61 Å². The summed E-state index contributed by atoms with van der Waals surface area (Å²) in [6.07, 6.45) is 1.36. The van der Waals surface area contributed by atoms with Crippen molar-refractivity contribution in [1.29, 1.82) is 0 Å². The molecule has 2 rings (SSSR count). The highest BCUT2D eigenvalue weighted by Crippen LogP contribution is 2.27. The summed E-state index contributed by atoms with van der Waals surface area (Å²) >= 11 is 0. The maximum Gasteiger partial charge on any atom is 0.254 e. The topological polar surface area (TPSA) is 111 Å². The summed E-state index contributed by atoms with van der Waals surface area (Å²) in [4.78, 5) is 15.3. The van der Waals surface area contributed by atoms with Crippen molar-refractivity contribution in [2.24, 2.45) is 5.73 Å². The van der Waals surface area contributed by atoms with E-state index in [9.17, 15) is 9.90 Å². The van der Waals surface area contributed by atoms with E-state index in [2.05, 4.69) is 4.98 Å². The number of aliphatic hydroxyl groups is 1. The molecule has 1 amide bonds. The standard InChI is InChI=1S/C13H13N3O3/c14-9-5-10(12(15)18)13(16-6-9)19-11-4-2-1-3-8(11)7-17/h1-6,17H,7,14H2,(H2,15,18). The van der Waals surface area contributed by atoms with Crippen LogP contribution in [0.5, 0.6) is 11.6 Å². The first kappa shape index (κ1) is 12.8. The van der Waals surface area contributed by atoms with Crippen LogP contribution in [0, 0.1) is 0 Å². The Morgan fingerprint density at radius 1 is 1.37 bits per heavy atom. The molecule has 6 nitrogen and oxygen atoms in total. The third-order valence-corrected chi connectivity index (χ3v) is 2.49. The number of benzene rings is 1. The summed E-state index contributed by atoms with van der Waals surface area (Å²) in [5.74, 6) is -0.219. The normalized spacial score (nSPS) is 10.2. The van der Waals surface area contributed by atoms with Crippen LogP contribution in [0.2, 0.25) is 0 Å². The second-order valence-corrected chi connectivity index (χ2v) is 3.85. The quantitative estimate of drug-likeness (QED) is 0.759. The van der Waals surface area contributed by atoms with Crippen molar-refractivity contribution in [3.05, 3.63) is 47.7 Å². The fourth-order valence-corrected chi connectivity index (χ4v) is 1.56. The first-order chi connectivity index (χ1) is 9.11. The molecule has 0 saturated heterocycles. The minimum Gasteiger partial charge on any atom is -0.438 e. The smallest absolute Gasteiger partial charge is 0.254 e. The lowest BCUT2D eigenvalue weighted by molar-refractivity contribution is 0.0997. The predicted octanol–water partition coefficient (Wildman–Crippen LogP) is 1.05. The van der Waals surface area contributed by atoms with Crippen LogP contribution >= 0.6 is 0 Å². The molecule has 2 aromatic rings. The van der Waals surface area contributed by atoms with Crippen molar-refractivity contribution >= 4 is 11.6 Å². The number of hydrogen-bond donors (Lipinski definition) is 3. The summed E-state index contributed by atoms with van der Waals surface area (Å²) < 4.78 is 5.52. The lowest BCUT2D eigenvalue weighted by atomic mass is 10.2. The Hall–Kier alpha value is -2.60. The number of primary amides is 1. The fraction of sp³-hybridized carbons (Fsp3) is 0.0769. The zero-order chi connectivity index (χ0) is 13.8. The van der Waals surface area contributed by atoms with E-state index in [1.54, 1.807) is 24.3 Å². The Balaban J connectivity index is 2.41. The van der Waals surface area contributed by atoms with E-state index in [0.29, 0.717) is 17.0 Å². The molecular formula is C13H13N3O3. The molecule has 0 spiro atoms. The van der Waals surface area contributed by atoms with Crippen molar-refractivity contribution in [1.82, 2.24) is 4.98 Å². The van der Waals surface area contributed by atoms with Crippen LogP contribution in [0.4, 0.5) is 5.69 Å². The van der Waals surface area contributed by atoms with Crippen LogP contribution in [-0.2, 0) is 6.61 Å². The Bertz CT molecular complexity index is 614. The molecule has 98 valence electrons. The molecule has 1 heterocycles. The van der Waals surface area contributed by atoms with E-state index in [1.807, 2.05) is 0 Å². The van der Waals surface area contributed by atoms with Gasteiger partial charge in [-0.15, -0.1) is 0 Å². The molecule has 0 fully saturated rings. The van der Waals surface area contributed by atoms with Crippen LogP contribution in [0.25, 0.3) is 0 Å². The second-order valence-electron chi connectivity index (χ2n) is 3.85. The SMILES string of the molecule is NC(=O)c1cc(N)cnc1Oc1ccccc1CO. The minimum atomic E-state index is -0.684. The van der Waals surface area contributed by atoms with E-state index >= 15 is 0 Å². The predicted molar refractivity (Wildman–Crippen MR) is 69.6 cm³/mol. The molecule has 1 aromatic carbocycles. The van der Waals surface area contributed by atoms with Crippen LogP contribution in [0.3, 0.4) is 0 Å².